The molecule has 0 aliphatic carbocycles. The quantitative estimate of drug-likeness (QED) is 0.563. The second-order valence-electron chi connectivity index (χ2n) is 8.68. The van der Waals surface area contributed by atoms with Crippen LogP contribution in [0.1, 0.15) is 35.5 Å². The van der Waals surface area contributed by atoms with Gasteiger partial charge >= 0.3 is 0 Å². The summed E-state index contributed by atoms with van der Waals surface area (Å²) >= 11 is 0. The number of benzene rings is 1. The molecule has 4 heterocycles. The second-order valence-corrected chi connectivity index (χ2v) is 11.0. The number of nitrogens with zero attached hydrogens (tertiary/aromatic N) is 4. The Morgan fingerprint density at radius 2 is 1.89 bits per heavy atom. The molecule has 2 aromatic heterocycles. The Hall–Kier alpha value is -3.51. The Balaban J connectivity index is 1.65. The summed E-state index contributed by atoms with van der Waals surface area (Å²) in [7, 11) is 0.161. The van der Waals surface area contributed by atoms with E-state index in [9.17, 15) is 17.2 Å². The van der Waals surface area contributed by atoms with Crippen LogP contribution in [0.3, 0.4) is 0 Å². The van der Waals surface area contributed by atoms with Crippen molar-refractivity contribution in [3.05, 3.63) is 71.3 Å². The van der Waals surface area contributed by atoms with Gasteiger partial charge in [-0.05, 0) is 31.0 Å². The third kappa shape index (κ3) is 3.64. The number of hydrogen-bond donors (Lipinski definition) is 2. The number of para-hydroxylation sites is 1. The van der Waals surface area contributed by atoms with Gasteiger partial charge in [0.2, 0.25) is 0 Å². The summed E-state index contributed by atoms with van der Waals surface area (Å²) in [5.74, 6) is -1.40. The van der Waals surface area contributed by atoms with Crippen molar-refractivity contribution in [2.45, 2.75) is 18.4 Å². The first-order chi connectivity index (χ1) is 16.6. The number of aromatic amines is 1. The van der Waals surface area contributed by atoms with Crippen molar-refractivity contribution in [3.63, 3.8) is 0 Å². The Bertz CT molecular complexity index is 1460. The number of anilines is 2. The Kier molecular flexibility index (Phi) is 5.33. The van der Waals surface area contributed by atoms with Crippen LogP contribution in [0.15, 0.2) is 37.0 Å². The highest BCUT2D eigenvalue weighted by molar-refractivity contribution is 7.91. The number of aromatic nitrogens is 4. The molecule has 1 aromatic carbocycles. The molecule has 2 aliphatic rings. The van der Waals surface area contributed by atoms with Gasteiger partial charge in [-0.15, -0.1) is 0 Å². The lowest BCUT2D eigenvalue weighted by Crippen LogP contribution is -2.40. The third-order valence-corrected chi connectivity index (χ3v) is 8.38. The number of sulfone groups is 1. The second kappa shape index (κ2) is 8.02. The summed E-state index contributed by atoms with van der Waals surface area (Å²) in [5.41, 5.74) is 7.74. The van der Waals surface area contributed by atoms with E-state index >= 15 is 0 Å². The number of methoxy groups -OCH3 is 1. The van der Waals surface area contributed by atoms with Crippen LogP contribution in [0.4, 0.5) is 20.3 Å². The molecule has 0 radical (unpaired) electrons. The summed E-state index contributed by atoms with van der Waals surface area (Å²) in [5, 5.41) is 11.6. The number of halogens is 2. The first kappa shape index (κ1) is 23.2. The molecule has 0 amide bonds. The summed E-state index contributed by atoms with van der Waals surface area (Å²) in [6.07, 6.45) is 2.10. The zero-order chi connectivity index (χ0) is 25.1. The SMILES string of the molecule is C=C1c2c(N)n[nH]c2C(c2cc(C3(OC)CCS(=O)(=O)CC3)n(C)n2)=CN1c1c(F)cccc1F. The predicted molar refractivity (Wildman–Crippen MR) is 128 cm³/mol. The molecule has 184 valence electrons. The van der Waals surface area contributed by atoms with Gasteiger partial charge in [0.25, 0.3) is 0 Å². The summed E-state index contributed by atoms with van der Waals surface area (Å²) in [6.45, 7) is 4.00. The van der Waals surface area contributed by atoms with Crippen molar-refractivity contribution in [2.24, 2.45) is 7.05 Å². The Labute approximate surface area is 200 Å². The van der Waals surface area contributed by atoms with E-state index in [0.717, 1.165) is 12.1 Å². The van der Waals surface area contributed by atoms with Gasteiger partial charge in [-0.2, -0.15) is 10.2 Å². The average molecular weight is 503 g/mol. The zero-order valence-corrected chi connectivity index (χ0v) is 20.0. The molecule has 12 heteroatoms. The fraction of sp³-hybridized carbons (Fsp3) is 0.304. The molecule has 1 saturated heterocycles. The number of hydrogen-bond acceptors (Lipinski definition) is 7. The standard InChI is InChI=1S/C23H24F2N6O3S/c1-13-19-20(27-28-22(19)26)14(12-31(13)21-15(24)5-4-6-16(21)25)17-11-18(30(2)29-17)23(34-3)7-9-35(32,33)10-8-23/h4-6,11-12H,1,7-10H2,2-3H3,(H3,26,27,28). The van der Waals surface area contributed by atoms with E-state index < -0.39 is 27.1 Å². The first-order valence-electron chi connectivity index (χ1n) is 10.9. The zero-order valence-electron chi connectivity index (χ0n) is 19.2. The van der Waals surface area contributed by atoms with Crippen LogP contribution in [0.5, 0.6) is 0 Å². The average Bonchev–Trinajstić information content (AvgIpc) is 3.39. The van der Waals surface area contributed by atoms with Crippen molar-refractivity contribution < 1.29 is 21.9 Å². The lowest BCUT2D eigenvalue weighted by molar-refractivity contribution is -0.0296. The summed E-state index contributed by atoms with van der Waals surface area (Å²) in [6, 6.07) is 5.39. The van der Waals surface area contributed by atoms with Crippen LogP contribution >= 0.6 is 0 Å². The van der Waals surface area contributed by atoms with Crippen molar-refractivity contribution in [1.82, 2.24) is 20.0 Å². The molecule has 5 rings (SSSR count). The van der Waals surface area contributed by atoms with Crippen LogP contribution in [0.2, 0.25) is 0 Å². The van der Waals surface area contributed by atoms with Crippen molar-refractivity contribution in [2.75, 3.05) is 29.2 Å². The minimum Gasteiger partial charge on any atom is -0.382 e. The number of ether oxygens (including phenoxy) is 1. The van der Waals surface area contributed by atoms with E-state index in [2.05, 4.69) is 21.9 Å². The van der Waals surface area contributed by atoms with E-state index in [4.69, 9.17) is 10.5 Å². The topological polar surface area (TPSA) is 119 Å². The molecule has 0 saturated carbocycles. The fourth-order valence-electron chi connectivity index (χ4n) is 4.81. The number of nitrogens with two attached hydrogens (primary N) is 1. The molecule has 3 aromatic rings. The normalized spacial score (nSPS) is 18.9. The largest absolute Gasteiger partial charge is 0.382 e. The van der Waals surface area contributed by atoms with Gasteiger partial charge in [0.1, 0.15) is 22.9 Å². The first-order valence-corrected chi connectivity index (χ1v) is 12.7. The van der Waals surface area contributed by atoms with E-state index in [-0.39, 0.29) is 41.5 Å². The number of H-pyrrole nitrogens is 1. The monoisotopic (exact) mass is 502 g/mol. The van der Waals surface area contributed by atoms with Gasteiger partial charge in [-0.1, -0.05) is 12.6 Å². The van der Waals surface area contributed by atoms with Crippen LogP contribution in [0, 0.1) is 11.6 Å². The van der Waals surface area contributed by atoms with Crippen molar-refractivity contribution >= 4 is 32.6 Å². The van der Waals surface area contributed by atoms with E-state index in [1.807, 2.05) is 0 Å². The Morgan fingerprint density at radius 1 is 1.23 bits per heavy atom. The molecular weight excluding hydrogens is 478 g/mol. The maximum atomic E-state index is 14.7. The van der Waals surface area contributed by atoms with Crippen LogP contribution in [-0.2, 0) is 27.2 Å². The van der Waals surface area contributed by atoms with Crippen LogP contribution in [0.25, 0.3) is 11.3 Å². The predicted octanol–water partition coefficient (Wildman–Crippen LogP) is 2.93. The van der Waals surface area contributed by atoms with Crippen molar-refractivity contribution in [1.29, 1.82) is 0 Å². The molecule has 9 nitrogen and oxygen atoms in total. The minimum absolute atomic E-state index is 0.00540. The third-order valence-electron chi connectivity index (χ3n) is 6.73. The van der Waals surface area contributed by atoms with Gasteiger partial charge in [-0.25, -0.2) is 17.2 Å². The number of nitrogens with one attached hydrogen (secondary N) is 1. The molecule has 2 aliphatic heterocycles. The number of nitrogen functional groups attached to an aromatic ring is 1. The molecular formula is C23H24F2N6O3S. The lowest BCUT2D eigenvalue weighted by Gasteiger charge is -2.35. The van der Waals surface area contributed by atoms with Gasteiger partial charge in [0.15, 0.2) is 15.7 Å². The number of fused-ring (bicyclic) bond motifs is 1. The number of rotatable bonds is 4. The van der Waals surface area contributed by atoms with E-state index in [1.54, 1.807) is 24.9 Å². The minimum atomic E-state index is -3.12. The maximum Gasteiger partial charge on any atom is 0.155 e. The molecule has 3 N–H and O–H groups in total. The molecule has 0 bridgehead atoms. The summed E-state index contributed by atoms with van der Waals surface area (Å²) in [4.78, 5) is 1.29. The number of aryl methyl sites for hydroxylation is 1. The molecule has 35 heavy (non-hydrogen) atoms. The highest BCUT2D eigenvalue weighted by Crippen LogP contribution is 2.43. The van der Waals surface area contributed by atoms with Gasteiger partial charge in [0, 0.05) is 25.9 Å². The highest BCUT2D eigenvalue weighted by atomic mass is 32.2. The summed E-state index contributed by atoms with van der Waals surface area (Å²) < 4.78 is 61.0. The highest BCUT2D eigenvalue weighted by Gasteiger charge is 2.42. The fourth-order valence-corrected chi connectivity index (χ4v) is 6.29. The smallest absolute Gasteiger partial charge is 0.155 e. The van der Waals surface area contributed by atoms with Crippen molar-refractivity contribution in [3.8, 4) is 0 Å². The van der Waals surface area contributed by atoms with Crippen LogP contribution in [-0.4, -0.2) is 47.0 Å². The maximum absolute atomic E-state index is 14.7. The molecule has 0 spiro atoms. The van der Waals surface area contributed by atoms with Gasteiger partial charge in [-0.3, -0.25) is 9.78 Å². The van der Waals surface area contributed by atoms with Gasteiger partial charge in [0.05, 0.1) is 39.8 Å². The van der Waals surface area contributed by atoms with E-state index in [1.165, 1.54) is 17.2 Å². The molecule has 0 unspecified atom stereocenters. The Morgan fingerprint density at radius 3 is 2.51 bits per heavy atom. The molecule has 0 atom stereocenters. The van der Waals surface area contributed by atoms with Crippen LogP contribution < -0.4 is 10.6 Å². The van der Waals surface area contributed by atoms with E-state index in [0.29, 0.717) is 28.2 Å². The lowest BCUT2D eigenvalue weighted by atomic mass is 9.91. The molecule has 1 fully saturated rings. The van der Waals surface area contributed by atoms with Gasteiger partial charge < -0.3 is 15.4 Å².